The maximum absolute atomic E-state index is 10.1. The molecule has 0 aliphatic carbocycles. The molecule has 0 bridgehead atoms. The second-order valence-electron chi connectivity index (χ2n) is 4.76. The normalized spacial score (nSPS) is 19.1. The highest BCUT2D eigenvalue weighted by atomic mass is 16.3. The van der Waals surface area contributed by atoms with Gasteiger partial charge in [0.05, 0.1) is 13.1 Å². The second kappa shape index (κ2) is 3.49. The van der Waals surface area contributed by atoms with Crippen molar-refractivity contribution in [3.05, 3.63) is 23.9 Å². The van der Waals surface area contributed by atoms with Gasteiger partial charge in [-0.25, -0.2) is 4.98 Å². The molecule has 1 aliphatic heterocycles. The smallest absolute Gasteiger partial charge is 0.131 e. The van der Waals surface area contributed by atoms with Crippen molar-refractivity contribution in [1.29, 1.82) is 0 Å². The molecule has 0 aromatic carbocycles. The summed E-state index contributed by atoms with van der Waals surface area (Å²) in [5.74, 6) is 1.31. The van der Waals surface area contributed by atoms with Crippen molar-refractivity contribution in [1.82, 2.24) is 4.98 Å². The van der Waals surface area contributed by atoms with E-state index < -0.39 is 5.60 Å². The number of β-amino-alcohol motifs (C(OH)–C–C–N with tert-alkyl or cyclic N) is 1. The van der Waals surface area contributed by atoms with Crippen molar-refractivity contribution in [2.75, 3.05) is 18.0 Å². The first-order chi connectivity index (χ1) is 7.03. The van der Waals surface area contributed by atoms with E-state index in [0.29, 0.717) is 19.0 Å². The lowest BCUT2D eigenvalue weighted by Crippen LogP contribution is -2.65. The molecular weight excluding hydrogens is 188 g/mol. The summed E-state index contributed by atoms with van der Waals surface area (Å²) in [6.45, 7) is 7.56. The standard InChI is InChI=1S/C12H18N2O/c1-9(2)12(15)7-14(8-12)11-10(3)5-4-6-13-11/h4-6,9,15H,7-8H2,1-3H3. The summed E-state index contributed by atoms with van der Waals surface area (Å²) in [6, 6.07) is 3.99. The zero-order chi connectivity index (χ0) is 11.1. The molecule has 15 heavy (non-hydrogen) atoms. The number of rotatable bonds is 2. The SMILES string of the molecule is Cc1cccnc1N1CC(O)(C(C)C)C1. The Balaban J connectivity index is 2.10. The topological polar surface area (TPSA) is 36.4 Å². The number of aryl methyl sites for hydroxylation is 1. The summed E-state index contributed by atoms with van der Waals surface area (Å²) in [7, 11) is 0. The molecule has 1 aliphatic rings. The Morgan fingerprint density at radius 1 is 1.47 bits per heavy atom. The van der Waals surface area contributed by atoms with Gasteiger partial charge in [-0.15, -0.1) is 0 Å². The van der Waals surface area contributed by atoms with Crippen LogP contribution < -0.4 is 4.90 Å². The van der Waals surface area contributed by atoms with E-state index in [-0.39, 0.29) is 0 Å². The van der Waals surface area contributed by atoms with E-state index in [0.717, 1.165) is 5.82 Å². The molecule has 82 valence electrons. The van der Waals surface area contributed by atoms with Gasteiger partial charge < -0.3 is 10.0 Å². The third kappa shape index (κ3) is 1.72. The lowest BCUT2D eigenvalue weighted by molar-refractivity contribution is -0.0305. The number of anilines is 1. The molecule has 1 N–H and O–H groups in total. The van der Waals surface area contributed by atoms with Gasteiger partial charge in [0.25, 0.3) is 0 Å². The fourth-order valence-corrected chi connectivity index (χ4v) is 1.94. The highest BCUT2D eigenvalue weighted by Gasteiger charge is 2.44. The van der Waals surface area contributed by atoms with Gasteiger partial charge in [-0.05, 0) is 24.5 Å². The van der Waals surface area contributed by atoms with Crippen LogP contribution in [0.3, 0.4) is 0 Å². The molecule has 3 heteroatoms. The molecule has 1 fully saturated rings. The van der Waals surface area contributed by atoms with Crippen molar-refractivity contribution in [2.24, 2.45) is 5.92 Å². The minimum Gasteiger partial charge on any atom is -0.386 e. The van der Waals surface area contributed by atoms with Crippen LogP contribution in [0, 0.1) is 12.8 Å². The monoisotopic (exact) mass is 206 g/mol. The van der Waals surface area contributed by atoms with Crippen LogP contribution in [-0.2, 0) is 0 Å². The van der Waals surface area contributed by atoms with Crippen molar-refractivity contribution >= 4 is 5.82 Å². The zero-order valence-corrected chi connectivity index (χ0v) is 9.57. The van der Waals surface area contributed by atoms with Crippen LogP contribution in [0.5, 0.6) is 0 Å². The average molecular weight is 206 g/mol. The van der Waals surface area contributed by atoms with Gasteiger partial charge in [-0.3, -0.25) is 0 Å². The predicted octanol–water partition coefficient (Wildman–Crippen LogP) is 1.60. The van der Waals surface area contributed by atoms with Gasteiger partial charge in [0.1, 0.15) is 11.4 Å². The largest absolute Gasteiger partial charge is 0.386 e. The molecule has 3 nitrogen and oxygen atoms in total. The number of hydrogen-bond donors (Lipinski definition) is 1. The van der Waals surface area contributed by atoms with E-state index in [2.05, 4.69) is 36.7 Å². The van der Waals surface area contributed by atoms with Gasteiger partial charge in [0.15, 0.2) is 0 Å². The maximum atomic E-state index is 10.1. The number of aliphatic hydroxyl groups is 1. The number of aromatic nitrogens is 1. The summed E-state index contributed by atoms with van der Waals surface area (Å²) >= 11 is 0. The predicted molar refractivity (Wildman–Crippen MR) is 61.0 cm³/mol. The fraction of sp³-hybridized carbons (Fsp3) is 0.583. The Labute approximate surface area is 90.8 Å². The Kier molecular flexibility index (Phi) is 2.43. The number of pyridine rings is 1. The number of nitrogens with zero attached hydrogens (tertiary/aromatic N) is 2. The highest BCUT2D eigenvalue weighted by Crippen LogP contribution is 2.32. The van der Waals surface area contributed by atoms with Gasteiger partial charge in [0.2, 0.25) is 0 Å². The molecule has 0 amide bonds. The maximum Gasteiger partial charge on any atom is 0.131 e. The third-order valence-corrected chi connectivity index (χ3v) is 3.29. The molecule has 1 aromatic heterocycles. The van der Waals surface area contributed by atoms with Crippen LogP contribution in [0.25, 0.3) is 0 Å². The van der Waals surface area contributed by atoms with Crippen LogP contribution in [-0.4, -0.2) is 28.8 Å². The van der Waals surface area contributed by atoms with Gasteiger partial charge >= 0.3 is 0 Å². The van der Waals surface area contributed by atoms with E-state index >= 15 is 0 Å². The second-order valence-corrected chi connectivity index (χ2v) is 4.76. The molecule has 1 aromatic rings. The molecule has 0 atom stereocenters. The Hall–Kier alpha value is -1.09. The fourth-order valence-electron chi connectivity index (χ4n) is 1.94. The first-order valence-electron chi connectivity index (χ1n) is 5.42. The minimum absolute atomic E-state index is 0.303. The number of hydrogen-bond acceptors (Lipinski definition) is 3. The Morgan fingerprint density at radius 3 is 2.67 bits per heavy atom. The molecule has 0 spiro atoms. The van der Waals surface area contributed by atoms with Gasteiger partial charge in [-0.1, -0.05) is 19.9 Å². The van der Waals surface area contributed by atoms with Crippen LogP contribution in [0.15, 0.2) is 18.3 Å². The molecule has 2 heterocycles. The molecule has 2 rings (SSSR count). The summed E-state index contributed by atoms with van der Waals surface area (Å²) < 4.78 is 0. The third-order valence-electron chi connectivity index (χ3n) is 3.29. The summed E-state index contributed by atoms with van der Waals surface area (Å²) in [6.07, 6.45) is 1.80. The highest BCUT2D eigenvalue weighted by molar-refractivity contribution is 5.49. The minimum atomic E-state index is -0.524. The van der Waals surface area contributed by atoms with E-state index in [4.69, 9.17) is 0 Å². The van der Waals surface area contributed by atoms with Crippen LogP contribution in [0.1, 0.15) is 19.4 Å². The van der Waals surface area contributed by atoms with Crippen molar-refractivity contribution < 1.29 is 5.11 Å². The van der Waals surface area contributed by atoms with Crippen LogP contribution >= 0.6 is 0 Å². The lowest BCUT2D eigenvalue weighted by atomic mass is 9.83. The molecule has 1 saturated heterocycles. The Bertz CT molecular complexity index is 356. The summed E-state index contributed by atoms with van der Waals surface area (Å²) in [5, 5.41) is 10.1. The Morgan fingerprint density at radius 2 is 2.13 bits per heavy atom. The quantitative estimate of drug-likeness (QED) is 0.798. The molecule has 0 saturated carbocycles. The average Bonchev–Trinajstić information content (AvgIpc) is 2.14. The van der Waals surface area contributed by atoms with Gasteiger partial charge in [-0.2, -0.15) is 0 Å². The van der Waals surface area contributed by atoms with E-state index in [1.54, 1.807) is 6.20 Å². The first-order valence-corrected chi connectivity index (χ1v) is 5.42. The van der Waals surface area contributed by atoms with Crippen molar-refractivity contribution in [3.63, 3.8) is 0 Å². The van der Waals surface area contributed by atoms with E-state index in [1.807, 2.05) is 6.07 Å². The molecular formula is C12H18N2O. The zero-order valence-electron chi connectivity index (χ0n) is 9.57. The molecule has 0 unspecified atom stereocenters. The van der Waals surface area contributed by atoms with Gasteiger partial charge in [0, 0.05) is 6.20 Å². The molecule has 0 radical (unpaired) electrons. The van der Waals surface area contributed by atoms with Crippen LogP contribution in [0.4, 0.5) is 5.82 Å². The summed E-state index contributed by atoms with van der Waals surface area (Å²) in [5.41, 5.74) is 0.646. The first kappa shape index (κ1) is 10.4. The van der Waals surface area contributed by atoms with Crippen molar-refractivity contribution in [3.8, 4) is 0 Å². The summed E-state index contributed by atoms with van der Waals surface area (Å²) in [4.78, 5) is 6.47. The van der Waals surface area contributed by atoms with Crippen molar-refractivity contribution in [2.45, 2.75) is 26.4 Å². The van der Waals surface area contributed by atoms with E-state index in [1.165, 1.54) is 5.56 Å². The van der Waals surface area contributed by atoms with E-state index in [9.17, 15) is 5.11 Å². The van der Waals surface area contributed by atoms with Crippen LogP contribution in [0.2, 0.25) is 0 Å². The lowest BCUT2D eigenvalue weighted by Gasteiger charge is -2.50.